The zero-order chi connectivity index (χ0) is 6.53. The predicted octanol–water partition coefficient (Wildman–Crippen LogP) is 2.51. The number of allylic oxidation sites excluding steroid dienone is 2. The maximum atomic E-state index is 5.13. The molecule has 9 heavy (non-hydrogen) atoms. The van der Waals surface area contributed by atoms with Crippen molar-refractivity contribution >= 4 is 0 Å². The van der Waals surface area contributed by atoms with Gasteiger partial charge in [0.1, 0.15) is 0 Å². The quantitative estimate of drug-likeness (QED) is 0.431. The van der Waals surface area contributed by atoms with Gasteiger partial charge < -0.3 is 0 Å². The van der Waals surface area contributed by atoms with Gasteiger partial charge in [-0.05, 0) is 31.8 Å². The summed E-state index contributed by atoms with van der Waals surface area (Å²) in [6.07, 6.45) is 13.6. The van der Waals surface area contributed by atoms with Crippen molar-refractivity contribution in [2.24, 2.45) is 0 Å². The van der Waals surface area contributed by atoms with Crippen molar-refractivity contribution in [3.05, 3.63) is 11.6 Å². The van der Waals surface area contributed by atoms with Crippen molar-refractivity contribution in [2.45, 2.75) is 32.1 Å². The molecule has 0 aromatic carbocycles. The summed E-state index contributed by atoms with van der Waals surface area (Å²) in [5.41, 5.74) is 1.48. The first-order valence-electron chi connectivity index (χ1n) is 3.57. The summed E-state index contributed by atoms with van der Waals surface area (Å²) in [6.45, 7) is 0. The van der Waals surface area contributed by atoms with Crippen molar-refractivity contribution in [2.75, 3.05) is 0 Å². The molecular weight excluding hydrogens is 108 g/mol. The van der Waals surface area contributed by atoms with Gasteiger partial charge in [-0.3, -0.25) is 0 Å². The Bertz CT molecular complexity index is 138. The molecule has 1 fully saturated rings. The Morgan fingerprint density at radius 3 is 2.44 bits per heavy atom. The molecule has 0 N–H and O–H groups in total. The van der Waals surface area contributed by atoms with E-state index in [-0.39, 0.29) is 0 Å². The Balaban J connectivity index is 2.42. The van der Waals surface area contributed by atoms with Crippen molar-refractivity contribution < 1.29 is 0 Å². The minimum Gasteiger partial charge on any atom is -0.115 e. The van der Waals surface area contributed by atoms with Gasteiger partial charge in [-0.25, -0.2) is 0 Å². The third-order valence-corrected chi connectivity index (χ3v) is 1.78. The number of terminal acetylenes is 1. The Morgan fingerprint density at radius 2 is 1.89 bits per heavy atom. The Hall–Kier alpha value is -0.700. The molecule has 0 heteroatoms. The van der Waals surface area contributed by atoms with Crippen LogP contribution in [-0.4, -0.2) is 0 Å². The van der Waals surface area contributed by atoms with E-state index in [2.05, 4.69) is 5.92 Å². The van der Waals surface area contributed by atoms with Crippen LogP contribution in [0.2, 0.25) is 0 Å². The van der Waals surface area contributed by atoms with E-state index in [0.29, 0.717) is 0 Å². The van der Waals surface area contributed by atoms with E-state index in [1.165, 1.54) is 37.7 Å². The highest BCUT2D eigenvalue weighted by molar-refractivity contribution is 5.18. The Morgan fingerprint density at radius 1 is 1.22 bits per heavy atom. The third-order valence-electron chi connectivity index (χ3n) is 1.78. The molecule has 0 heterocycles. The summed E-state index contributed by atoms with van der Waals surface area (Å²) in [6, 6.07) is 0. The van der Waals surface area contributed by atoms with Crippen molar-refractivity contribution in [3.63, 3.8) is 0 Å². The molecule has 0 saturated heterocycles. The molecule has 0 aliphatic heterocycles. The molecule has 1 aliphatic rings. The van der Waals surface area contributed by atoms with Gasteiger partial charge in [0.15, 0.2) is 0 Å². The number of rotatable bonds is 0. The van der Waals surface area contributed by atoms with Gasteiger partial charge in [-0.1, -0.05) is 17.9 Å². The fraction of sp³-hybridized carbons (Fsp3) is 0.556. The van der Waals surface area contributed by atoms with E-state index in [1.807, 2.05) is 6.08 Å². The van der Waals surface area contributed by atoms with E-state index in [0.717, 1.165) is 0 Å². The van der Waals surface area contributed by atoms with Gasteiger partial charge in [0.25, 0.3) is 0 Å². The second-order valence-electron chi connectivity index (χ2n) is 2.53. The van der Waals surface area contributed by atoms with Gasteiger partial charge in [0.2, 0.25) is 0 Å². The van der Waals surface area contributed by atoms with Gasteiger partial charge in [0.05, 0.1) is 0 Å². The van der Waals surface area contributed by atoms with Crippen LogP contribution in [0.3, 0.4) is 0 Å². The monoisotopic (exact) mass is 120 g/mol. The van der Waals surface area contributed by atoms with E-state index in [4.69, 9.17) is 6.42 Å². The molecule has 0 spiro atoms. The normalized spacial score (nSPS) is 18.8. The SMILES string of the molecule is C#CC=C1CCCCC1. The van der Waals surface area contributed by atoms with Crippen molar-refractivity contribution in [1.29, 1.82) is 0 Å². The summed E-state index contributed by atoms with van der Waals surface area (Å²) in [5.74, 6) is 2.58. The molecule has 0 aromatic rings. The number of hydrogen-bond acceptors (Lipinski definition) is 0. The average Bonchev–Trinajstić information content (AvgIpc) is 1.91. The molecule has 0 bridgehead atoms. The van der Waals surface area contributed by atoms with Crippen LogP contribution in [0.15, 0.2) is 11.6 Å². The Kier molecular flexibility index (Phi) is 2.39. The first-order valence-corrected chi connectivity index (χ1v) is 3.57. The zero-order valence-corrected chi connectivity index (χ0v) is 5.69. The molecule has 1 rings (SSSR count). The highest BCUT2D eigenvalue weighted by Crippen LogP contribution is 2.21. The summed E-state index contributed by atoms with van der Waals surface area (Å²) in [5, 5.41) is 0. The summed E-state index contributed by atoms with van der Waals surface area (Å²) in [7, 11) is 0. The summed E-state index contributed by atoms with van der Waals surface area (Å²) >= 11 is 0. The standard InChI is InChI=1S/C9H12/c1-2-6-9-7-4-3-5-8-9/h1,6H,3-5,7-8H2. The second kappa shape index (κ2) is 3.35. The van der Waals surface area contributed by atoms with Crippen LogP contribution in [0.1, 0.15) is 32.1 Å². The maximum absolute atomic E-state index is 5.13. The van der Waals surface area contributed by atoms with Crippen LogP contribution in [0.4, 0.5) is 0 Å². The lowest BCUT2D eigenvalue weighted by molar-refractivity contribution is 0.599. The second-order valence-corrected chi connectivity index (χ2v) is 2.53. The van der Waals surface area contributed by atoms with Gasteiger partial charge in [-0.15, -0.1) is 6.42 Å². The van der Waals surface area contributed by atoms with Crippen LogP contribution in [0.5, 0.6) is 0 Å². The van der Waals surface area contributed by atoms with Crippen LogP contribution in [0, 0.1) is 12.3 Å². The largest absolute Gasteiger partial charge is 0.115 e. The van der Waals surface area contributed by atoms with Gasteiger partial charge >= 0.3 is 0 Å². The lowest BCUT2D eigenvalue weighted by Gasteiger charge is -2.11. The van der Waals surface area contributed by atoms with Crippen LogP contribution >= 0.6 is 0 Å². The molecule has 0 nitrogen and oxygen atoms in total. The molecule has 0 amide bonds. The Labute approximate surface area is 57.0 Å². The molecule has 0 radical (unpaired) electrons. The first kappa shape index (κ1) is 6.42. The molecule has 0 atom stereocenters. The molecule has 0 unspecified atom stereocenters. The third kappa shape index (κ3) is 1.93. The van der Waals surface area contributed by atoms with E-state index in [9.17, 15) is 0 Å². The van der Waals surface area contributed by atoms with E-state index in [1.54, 1.807) is 0 Å². The summed E-state index contributed by atoms with van der Waals surface area (Å²) in [4.78, 5) is 0. The molecule has 0 aromatic heterocycles. The zero-order valence-electron chi connectivity index (χ0n) is 5.69. The maximum Gasteiger partial charge on any atom is -0.0130 e. The topological polar surface area (TPSA) is 0 Å². The minimum atomic E-state index is 1.24. The smallest absolute Gasteiger partial charge is 0.0130 e. The molecule has 1 aliphatic carbocycles. The predicted molar refractivity (Wildman–Crippen MR) is 40.0 cm³/mol. The molecule has 1 saturated carbocycles. The van der Waals surface area contributed by atoms with E-state index < -0.39 is 0 Å². The van der Waals surface area contributed by atoms with Crippen LogP contribution in [-0.2, 0) is 0 Å². The van der Waals surface area contributed by atoms with Crippen LogP contribution < -0.4 is 0 Å². The lowest BCUT2D eigenvalue weighted by atomic mass is 9.95. The number of hydrogen-bond donors (Lipinski definition) is 0. The average molecular weight is 120 g/mol. The van der Waals surface area contributed by atoms with Gasteiger partial charge in [-0.2, -0.15) is 0 Å². The lowest BCUT2D eigenvalue weighted by Crippen LogP contribution is -1.92. The highest BCUT2D eigenvalue weighted by Gasteiger charge is 2.02. The fourth-order valence-electron chi connectivity index (χ4n) is 1.27. The molecular formula is C9H12. The minimum absolute atomic E-state index is 1.24. The summed E-state index contributed by atoms with van der Waals surface area (Å²) < 4.78 is 0. The van der Waals surface area contributed by atoms with E-state index >= 15 is 0 Å². The molecule has 48 valence electrons. The van der Waals surface area contributed by atoms with Crippen molar-refractivity contribution in [1.82, 2.24) is 0 Å². The van der Waals surface area contributed by atoms with Crippen molar-refractivity contribution in [3.8, 4) is 12.3 Å². The first-order chi connectivity index (χ1) is 4.43. The fourth-order valence-corrected chi connectivity index (χ4v) is 1.27. The van der Waals surface area contributed by atoms with Crippen LogP contribution in [0.25, 0.3) is 0 Å². The van der Waals surface area contributed by atoms with Gasteiger partial charge in [0, 0.05) is 0 Å². The highest BCUT2D eigenvalue weighted by atomic mass is 14.1.